The van der Waals surface area contributed by atoms with Crippen molar-refractivity contribution in [1.82, 2.24) is 4.37 Å². The van der Waals surface area contributed by atoms with Crippen molar-refractivity contribution in [1.29, 1.82) is 0 Å². The summed E-state index contributed by atoms with van der Waals surface area (Å²) in [4.78, 5) is 0. The lowest BCUT2D eigenvalue weighted by Crippen LogP contribution is -2.00. The van der Waals surface area contributed by atoms with Crippen molar-refractivity contribution in [2.75, 3.05) is 0 Å². The largest absolute Gasteiger partial charge is 0.285 e. The van der Waals surface area contributed by atoms with E-state index in [-0.39, 0.29) is 0 Å². The summed E-state index contributed by atoms with van der Waals surface area (Å²) in [5.74, 6) is -0.392. The Morgan fingerprint density at radius 2 is 2.40 bits per heavy atom. The van der Waals surface area contributed by atoms with Crippen molar-refractivity contribution in [3.05, 3.63) is 17.1 Å². The van der Waals surface area contributed by atoms with Crippen LogP contribution in [0.1, 0.15) is 5.69 Å². The molecule has 0 unspecified atom stereocenters. The minimum atomic E-state index is -3.90. The van der Waals surface area contributed by atoms with E-state index in [1.165, 1.54) is 0 Å². The van der Waals surface area contributed by atoms with Crippen LogP contribution in [0.2, 0.25) is 0 Å². The third-order valence-corrected chi connectivity index (χ3v) is 2.08. The fraction of sp³-hybridized carbons (Fsp3) is 0.250. The van der Waals surface area contributed by atoms with E-state index in [1.54, 1.807) is 11.4 Å². The predicted molar refractivity (Wildman–Crippen MR) is 37.4 cm³/mol. The van der Waals surface area contributed by atoms with Gasteiger partial charge in [-0.25, -0.2) is 0 Å². The molecular formula is C4H5NO3S2. The van der Waals surface area contributed by atoms with Crippen LogP contribution >= 0.6 is 11.5 Å². The number of nitrogens with zero attached hydrogens (tertiary/aromatic N) is 1. The van der Waals surface area contributed by atoms with Crippen molar-refractivity contribution in [3.63, 3.8) is 0 Å². The Labute approximate surface area is 62.4 Å². The number of hydrogen-bond donors (Lipinski definition) is 1. The zero-order chi connectivity index (χ0) is 7.61. The summed E-state index contributed by atoms with van der Waals surface area (Å²) in [6.07, 6.45) is 0. The molecule has 1 N–H and O–H groups in total. The molecule has 0 aliphatic rings. The molecule has 0 bridgehead atoms. The number of rotatable bonds is 2. The highest BCUT2D eigenvalue weighted by molar-refractivity contribution is 7.85. The molecule has 10 heavy (non-hydrogen) atoms. The van der Waals surface area contributed by atoms with Gasteiger partial charge in [-0.3, -0.25) is 4.55 Å². The molecule has 0 saturated carbocycles. The van der Waals surface area contributed by atoms with Gasteiger partial charge in [0, 0.05) is 5.38 Å². The standard InChI is InChI=1S/C4H5NO3S2/c6-10(7,8)3-4-1-2-9-5-4/h1-2H,3H2,(H,6,7,8). The van der Waals surface area contributed by atoms with Crippen molar-refractivity contribution < 1.29 is 13.0 Å². The van der Waals surface area contributed by atoms with E-state index in [2.05, 4.69) is 4.37 Å². The van der Waals surface area contributed by atoms with Gasteiger partial charge in [-0.15, -0.1) is 0 Å². The number of aromatic nitrogens is 1. The molecule has 0 spiro atoms. The average Bonchev–Trinajstić information content (AvgIpc) is 2.12. The Balaban J connectivity index is 2.75. The molecule has 1 aromatic heterocycles. The molecule has 4 nitrogen and oxygen atoms in total. The van der Waals surface area contributed by atoms with Crippen LogP contribution in [0.4, 0.5) is 0 Å². The molecule has 1 aromatic rings. The van der Waals surface area contributed by atoms with Gasteiger partial charge in [0.2, 0.25) is 0 Å². The summed E-state index contributed by atoms with van der Waals surface area (Å²) in [7, 11) is -3.90. The summed E-state index contributed by atoms with van der Waals surface area (Å²) in [5.41, 5.74) is 0.382. The second kappa shape index (κ2) is 2.65. The van der Waals surface area contributed by atoms with Gasteiger partial charge >= 0.3 is 0 Å². The second-order valence-electron chi connectivity index (χ2n) is 1.72. The molecule has 0 aliphatic carbocycles. The molecule has 0 atom stereocenters. The summed E-state index contributed by atoms with van der Waals surface area (Å²) >= 11 is 1.15. The van der Waals surface area contributed by atoms with Gasteiger partial charge < -0.3 is 0 Å². The highest BCUT2D eigenvalue weighted by atomic mass is 32.2. The first-order valence-electron chi connectivity index (χ1n) is 2.42. The minimum Gasteiger partial charge on any atom is -0.285 e. The van der Waals surface area contributed by atoms with Crippen LogP contribution < -0.4 is 0 Å². The Hall–Kier alpha value is -0.460. The van der Waals surface area contributed by atoms with Crippen LogP contribution in [0.15, 0.2) is 11.4 Å². The first-order chi connectivity index (χ1) is 4.58. The lowest BCUT2D eigenvalue weighted by molar-refractivity contribution is 0.481. The van der Waals surface area contributed by atoms with Gasteiger partial charge in [-0.2, -0.15) is 12.8 Å². The maximum Gasteiger partial charge on any atom is 0.270 e. The lowest BCUT2D eigenvalue weighted by atomic mass is 10.5. The Morgan fingerprint density at radius 3 is 2.80 bits per heavy atom. The van der Waals surface area contributed by atoms with Crippen molar-refractivity contribution in [2.45, 2.75) is 5.75 Å². The van der Waals surface area contributed by atoms with Crippen molar-refractivity contribution >= 4 is 21.7 Å². The molecule has 6 heteroatoms. The summed E-state index contributed by atoms with van der Waals surface area (Å²) in [6, 6.07) is 1.55. The lowest BCUT2D eigenvalue weighted by Gasteiger charge is -1.88. The van der Waals surface area contributed by atoms with Gasteiger partial charge in [-0.05, 0) is 17.6 Å². The maximum absolute atomic E-state index is 10.2. The molecule has 0 radical (unpaired) electrons. The third kappa shape index (κ3) is 2.42. The van der Waals surface area contributed by atoms with Gasteiger partial charge in [0.25, 0.3) is 10.1 Å². The van der Waals surface area contributed by atoms with Crippen molar-refractivity contribution in [2.24, 2.45) is 0 Å². The topological polar surface area (TPSA) is 67.3 Å². The predicted octanol–water partition coefficient (Wildman–Crippen LogP) is 0.531. The first kappa shape index (κ1) is 7.64. The first-order valence-corrected chi connectivity index (χ1v) is 4.87. The summed E-state index contributed by atoms with van der Waals surface area (Å²) in [5, 5.41) is 1.65. The van der Waals surface area contributed by atoms with Crippen LogP contribution in [0, 0.1) is 0 Å². The molecule has 0 saturated heterocycles. The summed E-state index contributed by atoms with van der Waals surface area (Å²) < 4.78 is 32.5. The fourth-order valence-corrected chi connectivity index (χ4v) is 1.65. The Bertz CT molecular complexity index is 288. The quantitative estimate of drug-likeness (QED) is 0.672. The highest BCUT2D eigenvalue weighted by Crippen LogP contribution is 2.03. The number of hydrogen-bond acceptors (Lipinski definition) is 4. The molecule has 0 fully saturated rings. The Kier molecular flexibility index (Phi) is 2.02. The van der Waals surface area contributed by atoms with E-state index in [0.29, 0.717) is 5.69 Å². The van der Waals surface area contributed by atoms with E-state index in [4.69, 9.17) is 4.55 Å². The molecule has 56 valence electrons. The molecule has 1 heterocycles. The van der Waals surface area contributed by atoms with Crippen LogP contribution in [-0.4, -0.2) is 17.3 Å². The smallest absolute Gasteiger partial charge is 0.270 e. The SMILES string of the molecule is O=S(=O)(O)Cc1ccsn1. The molecule has 0 amide bonds. The van der Waals surface area contributed by atoms with E-state index >= 15 is 0 Å². The van der Waals surface area contributed by atoms with E-state index in [0.717, 1.165) is 11.5 Å². The fourth-order valence-electron chi connectivity index (χ4n) is 0.499. The Morgan fingerprint density at radius 1 is 1.70 bits per heavy atom. The molecule has 1 rings (SSSR count). The molecule has 0 aromatic carbocycles. The summed E-state index contributed by atoms with van der Waals surface area (Å²) in [6.45, 7) is 0. The second-order valence-corrected chi connectivity index (χ2v) is 3.84. The van der Waals surface area contributed by atoms with Crippen LogP contribution in [0.25, 0.3) is 0 Å². The van der Waals surface area contributed by atoms with Crippen LogP contribution in [0.5, 0.6) is 0 Å². The average molecular weight is 179 g/mol. The minimum absolute atomic E-state index is 0.382. The van der Waals surface area contributed by atoms with E-state index < -0.39 is 15.9 Å². The molecule has 0 aliphatic heterocycles. The van der Waals surface area contributed by atoms with Crippen LogP contribution in [-0.2, 0) is 15.9 Å². The molecular weight excluding hydrogens is 174 g/mol. The van der Waals surface area contributed by atoms with E-state index in [9.17, 15) is 8.42 Å². The zero-order valence-corrected chi connectivity index (χ0v) is 6.52. The zero-order valence-electron chi connectivity index (χ0n) is 4.89. The van der Waals surface area contributed by atoms with Gasteiger partial charge in [-0.1, -0.05) is 0 Å². The van der Waals surface area contributed by atoms with Crippen molar-refractivity contribution in [3.8, 4) is 0 Å². The maximum atomic E-state index is 10.2. The van der Waals surface area contributed by atoms with Gasteiger partial charge in [0.05, 0.1) is 5.69 Å². The normalized spacial score (nSPS) is 11.7. The van der Waals surface area contributed by atoms with Crippen LogP contribution in [0.3, 0.4) is 0 Å². The van der Waals surface area contributed by atoms with Gasteiger partial charge in [0.1, 0.15) is 5.75 Å². The highest BCUT2D eigenvalue weighted by Gasteiger charge is 2.06. The third-order valence-electron chi connectivity index (χ3n) is 0.822. The van der Waals surface area contributed by atoms with Gasteiger partial charge in [0.15, 0.2) is 0 Å². The van der Waals surface area contributed by atoms with E-state index in [1.807, 2.05) is 0 Å². The monoisotopic (exact) mass is 179 g/mol.